The minimum atomic E-state index is -0.680. The molecular weight excluding hydrogens is 514 g/mol. The number of rotatable bonds is 10. The fourth-order valence-corrected chi connectivity index (χ4v) is 6.02. The number of benzene rings is 4. The van der Waals surface area contributed by atoms with Crippen LogP contribution in [0.1, 0.15) is 44.6 Å². The minimum Gasteiger partial charge on any atom is -0.467 e. The summed E-state index contributed by atoms with van der Waals surface area (Å²) in [6, 6.07) is 29.0. The number of hydrogen-bond acceptors (Lipinski definition) is 4. The van der Waals surface area contributed by atoms with E-state index < -0.39 is 12.0 Å². The molecule has 1 aliphatic carbocycles. The van der Waals surface area contributed by atoms with Gasteiger partial charge in [-0.2, -0.15) is 11.8 Å². The van der Waals surface area contributed by atoms with Crippen molar-refractivity contribution in [1.82, 2.24) is 5.32 Å². The van der Waals surface area contributed by atoms with Crippen molar-refractivity contribution in [3.8, 4) is 22.3 Å². The summed E-state index contributed by atoms with van der Waals surface area (Å²) in [7, 11) is 1.36. The lowest BCUT2D eigenvalue weighted by atomic mass is 9.91. The van der Waals surface area contributed by atoms with Crippen molar-refractivity contribution < 1.29 is 14.3 Å². The molecule has 1 aliphatic rings. The predicted molar refractivity (Wildman–Crippen MR) is 165 cm³/mol. The third kappa shape index (κ3) is 6.00. The van der Waals surface area contributed by atoms with E-state index in [9.17, 15) is 9.59 Å². The van der Waals surface area contributed by atoms with Crippen LogP contribution in [0, 0.1) is 6.92 Å². The number of aryl methyl sites for hydroxylation is 3. The van der Waals surface area contributed by atoms with Gasteiger partial charge in [0.1, 0.15) is 6.04 Å². The highest BCUT2D eigenvalue weighted by Crippen LogP contribution is 2.37. The van der Waals surface area contributed by atoms with Gasteiger partial charge in [-0.25, -0.2) is 4.79 Å². The van der Waals surface area contributed by atoms with Crippen LogP contribution in [-0.2, 0) is 28.8 Å². The fourth-order valence-electron chi connectivity index (χ4n) is 5.55. The van der Waals surface area contributed by atoms with E-state index in [1.807, 2.05) is 30.5 Å². The van der Waals surface area contributed by atoms with Gasteiger partial charge in [0.25, 0.3) is 5.91 Å². The topological polar surface area (TPSA) is 55.4 Å². The van der Waals surface area contributed by atoms with E-state index in [1.165, 1.54) is 40.5 Å². The van der Waals surface area contributed by atoms with Crippen LogP contribution in [0.3, 0.4) is 0 Å². The van der Waals surface area contributed by atoms with E-state index in [0.29, 0.717) is 12.0 Å². The molecule has 4 aromatic rings. The second kappa shape index (κ2) is 12.6. The number of nitrogens with one attached hydrogen (secondary N) is 1. The Bertz CT molecular complexity index is 1540. The summed E-state index contributed by atoms with van der Waals surface area (Å²) in [5, 5.41) is 2.93. The van der Waals surface area contributed by atoms with Gasteiger partial charge in [0, 0.05) is 5.56 Å². The molecule has 0 saturated carbocycles. The predicted octanol–water partition coefficient (Wildman–Crippen LogP) is 7.04. The summed E-state index contributed by atoms with van der Waals surface area (Å²) in [5.74, 6) is 0.0618. The molecule has 4 aromatic carbocycles. The number of ether oxygens (including phenoxy) is 1. The Balaban J connectivity index is 1.39. The Kier molecular flexibility index (Phi) is 8.71. The Hall–Kier alpha value is -3.83. The van der Waals surface area contributed by atoms with Crippen molar-refractivity contribution in [3.63, 3.8) is 0 Å². The standard InChI is InChI=1S/C35H35NO3S/c1-23-8-4-6-10-28(23)32-21-25(15-17-31(32)34(37)36-33(18-19-40-3)35(38)39-2)13-12-24-14-16-30-27(20-24)22-26-9-5-7-11-29(26)30/h4-11,14-17,20-21,33H,12-13,18-19,22H2,1-3H3,(H,36,37). The quantitative estimate of drug-likeness (QED) is 0.190. The molecule has 1 amide bonds. The normalized spacial score (nSPS) is 12.4. The number of carbonyl (C=O) groups is 2. The van der Waals surface area contributed by atoms with Gasteiger partial charge in [-0.3, -0.25) is 4.79 Å². The Labute approximate surface area is 241 Å². The number of methoxy groups -OCH3 is 1. The highest BCUT2D eigenvalue weighted by Gasteiger charge is 2.24. The van der Waals surface area contributed by atoms with Crippen LogP contribution in [0.5, 0.6) is 0 Å². The van der Waals surface area contributed by atoms with Gasteiger partial charge in [0.15, 0.2) is 0 Å². The maximum atomic E-state index is 13.5. The zero-order chi connectivity index (χ0) is 28.1. The molecule has 0 saturated heterocycles. The van der Waals surface area contributed by atoms with Crippen molar-refractivity contribution in [2.45, 2.75) is 38.6 Å². The van der Waals surface area contributed by atoms with Gasteiger partial charge in [0.2, 0.25) is 0 Å². The first-order valence-corrected chi connectivity index (χ1v) is 15.1. The Morgan fingerprint density at radius 1 is 0.825 bits per heavy atom. The van der Waals surface area contributed by atoms with Gasteiger partial charge in [0.05, 0.1) is 7.11 Å². The molecule has 0 radical (unpaired) electrons. The van der Waals surface area contributed by atoms with Gasteiger partial charge >= 0.3 is 5.97 Å². The van der Waals surface area contributed by atoms with Gasteiger partial charge in [-0.1, -0.05) is 78.9 Å². The Morgan fingerprint density at radius 3 is 2.25 bits per heavy atom. The molecule has 1 atom stereocenters. The van der Waals surface area contributed by atoms with Crippen molar-refractivity contribution in [3.05, 3.63) is 118 Å². The zero-order valence-electron chi connectivity index (χ0n) is 23.3. The first-order valence-electron chi connectivity index (χ1n) is 13.7. The summed E-state index contributed by atoms with van der Waals surface area (Å²) in [6.07, 6.45) is 5.27. The summed E-state index contributed by atoms with van der Waals surface area (Å²) >= 11 is 1.63. The van der Waals surface area contributed by atoms with E-state index in [-0.39, 0.29) is 5.91 Å². The lowest BCUT2D eigenvalue weighted by Crippen LogP contribution is -2.42. The molecule has 0 spiro atoms. The molecule has 1 unspecified atom stereocenters. The molecule has 1 N–H and O–H groups in total. The second-order valence-corrected chi connectivity index (χ2v) is 11.3. The van der Waals surface area contributed by atoms with Crippen molar-refractivity contribution in [2.75, 3.05) is 19.1 Å². The van der Waals surface area contributed by atoms with E-state index in [0.717, 1.165) is 41.7 Å². The van der Waals surface area contributed by atoms with Crippen LogP contribution < -0.4 is 5.32 Å². The molecule has 40 heavy (non-hydrogen) atoms. The van der Waals surface area contributed by atoms with E-state index in [1.54, 1.807) is 11.8 Å². The second-order valence-electron chi connectivity index (χ2n) is 10.4. The summed E-state index contributed by atoms with van der Waals surface area (Å²) in [4.78, 5) is 25.9. The van der Waals surface area contributed by atoms with Gasteiger partial charge in [-0.15, -0.1) is 0 Å². The maximum absolute atomic E-state index is 13.5. The lowest BCUT2D eigenvalue weighted by molar-refractivity contribution is -0.142. The third-order valence-electron chi connectivity index (χ3n) is 7.73. The molecule has 0 aromatic heterocycles. The van der Waals surface area contributed by atoms with E-state index in [2.05, 4.69) is 72.9 Å². The first-order chi connectivity index (χ1) is 19.5. The monoisotopic (exact) mass is 549 g/mol. The van der Waals surface area contributed by atoms with Crippen LogP contribution in [-0.4, -0.2) is 37.0 Å². The maximum Gasteiger partial charge on any atom is 0.328 e. The molecule has 0 fully saturated rings. The number of amides is 1. The highest BCUT2D eigenvalue weighted by molar-refractivity contribution is 7.98. The molecule has 0 heterocycles. The number of thioether (sulfide) groups is 1. The lowest BCUT2D eigenvalue weighted by Gasteiger charge is -2.19. The summed E-state index contributed by atoms with van der Waals surface area (Å²) in [5.41, 5.74) is 11.5. The van der Waals surface area contributed by atoms with Crippen molar-refractivity contribution in [1.29, 1.82) is 0 Å². The molecule has 0 bridgehead atoms. The molecule has 5 heteroatoms. The SMILES string of the molecule is COC(=O)C(CCSC)NC(=O)c1ccc(CCc2ccc3c(c2)Cc2ccccc2-3)cc1-c1ccccc1C. The summed E-state index contributed by atoms with van der Waals surface area (Å²) in [6.45, 7) is 2.06. The average Bonchev–Trinajstić information content (AvgIpc) is 3.35. The van der Waals surface area contributed by atoms with Crippen LogP contribution in [0.15, 0.2) is 84.9 Å². The number of carbonyl (C=O) groups excluding carboxylic acids is 2. The molecular formula is C35H35NO3S. The largest absolute Gasteiger partial charge is 0.467 e. The number of fused-ring (bicyclic) bond motifs is 3. The number of esters is 1. The van der Waals surface area contributed by atoms with Gasteiger partial charge < -0.3 is 10.1 Å². The molecule has 4 nitrogen and oxygen atoms in total. The fraction of sp³-hybridized carbons (Fsp3) is 0.257. The van der Waals surface area contributed by atoms with Crippen LogP contribution in [0.2, 0.25) is 0 Å². The summed E-state index contributed by atoms with van der Waals surface area (Å²) < 4.78 is 4.96. The van der Waals surface area contributed by atoms with Crippen molar-refractivity contribution >= 4 is 23.6 Å². The smallest absolute Gasteiger partial charge is 0.328 e. The van der Waals surface area contributed by atoms with Gasteiger partial charge in [-0.05, 0) is 101 Å². The number of hydrogen-bond donors (Lipinski definition) is 1. The van der Waals surface area contributed by atoms with Crippen LogP contribution in [0.25, 0.3) is 22.3 Å². The molecule has 204 valence electrons. The van der Waals surface area contributed by atoms with Crippen LogP contribution >= 0.6 is 11.8 Å². The van der Waals surface area contributed by atoms with Crippen molar-refractivity contribution in [2.24, 2.45) is 0 Å². The Morgan fingerprint density at radius 2 is 1.50 bits per heavy atom. The molecule has 5 rings (SSSR count). The average molecular weight is 550 g/mol. The molecule has 0 aliphatic heterocycles. The third-order valence-corrected chi connectivity index (χ3v) is 8.37. The minimum absolute atomic E-state index is 0.264. The highest BCUT2D eigenvalue weighted by atomic mass is 32.2. The van der Waals surface area contributed by atoms with E-state index >= 15 is 0 Å². The van der Waals surface area contributed by atoms with E-state index in [4.69, 9.17) is 4.74 Å². The zero-order valence-corrected chi connectivity index (χ0v) is 24.1. The van der Waals surface area contributed by atoms with Crippen LogP contribution in [0.4, 0.5) is 0 Å². The first kappa shape index (κ1) is 27.7.